The molecule has 0 unspecified atom stereocenters. The number of aromatic nitrogens is 2. The van der Waals surface area contributed by atoms with Crippen LogP contribution in [0.4, 0.5) is 5.82 Å². The van der Waals surface area contributed by atoms with Crippen LogP contribution in [0.25, 0.3) is 0 Å². The maximum atomic E-state index is 4.41. The van der Waals surface area contributed by atoms with Crippen molar-refractivity contribution in [3.8, 4) is 0 Å². The summed E-state index contributed by atoms with van der Waals surface area (Å²) in [5.41, 5.74) is 0. The van der Waals surface area contributed by atoms with Crippen LogP contribution in [0.2, 0.25) is 0 Å². The van der Waals surface area contributed by atoms with Gasteiger partial charge < -0.3 is 4.90 Å². The second-order valence-electron chi connectivity index (χ2n) is 3.68. The summed E-state index contributed by atoms with van der Waals surface area (Å²) in [7, 11) is 2.03. The molecule has 2 aromatic rings. The first-order valence-electron chi connectivity index (χ1n) is 5.00. The highest BCUT2D eigenvalue weighted by molar-refractivity contribution is 9.10. The number of rotatable bonds is 3. The lowest BCUT2D eigenvalue weighted by molar-refractivity contribution is 0.886. The maximum absolute atomic E-state index is 4.41. The predicted octanol–water partition coefficient (Wildman–Crippen LogP) is 4.01. The molecule has 3 nitrogen and oxygen atoms in total. The van der Waals surface area contributed by atoms with Crippen LogP contribution < -0.4 is 4.90 Å². The zero-order chi connectivity index (χ0) is 12.4. The summed E-state index contributed by atoms with van der Waals surface area (Å²) >= 11 is 8.59. The standard InChI is InChI=1S/C11H11Br2N3S/c1-7-14-10(13)4-11(15-7)16(2)5-9-3-8(12)6-17-9/h3-4,6H,5H2,1-2H3. The highest BCUT2D eigenvalue weighted by Crippen LogP contribution is 2.23. The molecular weight excluding hydrogens is 366 g/mol. The SMILES string of the molecule is Cc1nc(Br)cc(N(C)Cc2cc(Br)cs2)n1. The molecule has 0 amide bonds. The molecule has 2 aromatic heterocycles. The zero-order valence-corrected chi connectivity index (χ0v) is 13.4. The number of halogens is 2. The molecule has 2 heterocycles. The van der Waals surface area contributed by atoms with E-state index in [1.54, 1.807) is 11.3 Å². The van der Waals surface area contributed by atoms with Gasteiger partial charge in [0.05, 0.1) is 6.54 Å². The minimum absolute atomic E-state index is 0.772. The van der Waals surface area contributed by atoms with Crippen LogP contribution in [0.3, 0.4) is 0 Å². The Balaban J connectivity index is 2.16. The number of nitrogens with zero attached hydrogens (tertiary/aromatic N) is 3. The first kappa shape index (κ1) is 13.0. The Morgan fingerprint density at radius 3 is 2.65 bits per heavy atom. The van der Waals surface area contributed by atoms with Crippen LogP contribution in [-0.2, 0) is 6.54 Å². The smallest absolute Gasteiger partial charge is 0.133 e. The van der Waals surface area contributed by atoms with Gasteiger partial charge in [-0.1, -0.05) is 0 Å². The van der Waals surface area contributed by atoms with Crippen molar-refractivity contribution in [1.82, 2.24) is 9.97 Å². The number of anilines is 1. The molecule has 2 rings (SSSR count). The van der Waals surface area contributed by atoms with E-state index in [9.17, 15) is 0 Å². The number of hydrogen-bond donors (Lipinski definition) is 0. The van der Waals surface area contributed by atoms with Crippen LogP contribution >= 0.6 is 43.2 Å². The van der Waals surface area contributed by atoms with E-state index in [-0.39, 0.29) is 0 Å². The van der Waals surface area contributed by atoms with Crippen LogP contribution in [0.5, 0.6) is 0 Å². The fraction of sp³-hybridized carbons (Fsp3) is 0.273. The summed E-state index contributed by atoms with van der Waals surface area (Å²) in [6.45, 7) is 2.74. The monoisotopic (exact) mass is 375 g/mol. The Morgan fingerprint density at radius 1 is 1.29 bits per heavy atom. The van der Waals surface area contributed by atoms with Crippen molar-refractivity contribution in [3.63, 3.8) is 0 Å². The van der Waals surface area contributed by atoms with Crippen molar-refractivity contribution in [3.05, 3.63) is 37.3 Å². The van der Waals surface area contributed by atoms with E-state index in [0.29, 0.717) is 0 Å². The second kappa shape index (κ2) is 5.46. The van der Waals surface area contributed by atoms with E-state index in [0.717, 1.165) is 27.3 Å². The molecule has 6 heteroatoms. The first-order chi connectivity index (χ1) is 8.04. The van der Waals surface area contributed by atoms with Gasteiger partial charge in [0.25, 0.3) is 0 Å². The van der Waals surface area contributed by atoms with Gasteiger partial charge in [-0.15, -0.1) is 11.3 Å². The number of hydrogen-bond acceptors (Lipinski definition) is 4. The largest absolute Gasteiger partial charge is 0.354 e. The average Bonchev–Trinajstić information content (AvgIpc) is 2.62. The van der Waals surface area contributed by atoms with Gasteiger partial charge in [0, 0.05) is 27.8 Å². The van der Waals surface area contributed by atoms with Crippen molar-refractivity contribution < 1.29 is 0 Å². The van der Waals surface area contributed by atoms with Gasteiger partial charge in [-0.2, -0.15) is 0 Å². The molecule has 0 fully saturated rings. The molecule has 0 aliphatic heterocycles. The van der Waals surface area contributed by atoms with Gasteiger partial charge in [0.15, 0.2) is 0 Å². The highest BCUT2D eigenvalue weighted by Gasteiger charge is 2.07. The Morgan fingerprint density at radius 2 is 2.06 bits per heavy atom. The summed E-state index contributed by atoms with van der Waals surface area (Å²) in [5.74, 6) is 1.70. The lowest BCUT2D eigenvalue weighted by Crippen LogP contribution is -2.17. The normalized spacial score (nSPS) is 10.6. The molecule has 0 spiro atoms. The Labute approximate surface area is 121 Å². The molecule has 0 aliphatic rings. The van der Waals surface area contributed by atoms with E-state index < -0.39 is 0 Å². The minimum Gasteiger partial charge on any atom is -0.354 e. The lowest BCUT2D eigenvalue weighted by Gasteiger charge is -2.17. The second-order valence-corrected chi connectivity index (χ2v) is 6.41. The lowest BCUT2D eigenvalue weighted by atomic mass is 10.4. The van der Waals surface area contributed by atoms with Crippen molar-refractivity contribution in [2.24, 2.45) is 0 Å². The molecule has 17 heavy (non-hydrogen) atoms. The molecule has 0 aliphatic carbocycles. The molecule has 0 radical (unpaired) electrons. The summed E-state index contributed by atoms with van der Waals surface area (Å²) in [4.78, 5) is 12.0. The topological polar surface area (TPSA) is 29.0 Å². The van der Waals surface area contributed by atoms with E-state index in [1.165, 1.54) is 4.88 Å². The molecule has 0 atom stereocenters. The van der Waals surface area contributed by atoms with Crippen LogP contribution in [0.1, 0.15) is 10.7 Å². The van der Waals surface area contributed by atoms with E-state index in [2.05, 4.69) is 58.2 Å². The Hall–Kier alpha value is -0.460. The molecule has 0 N–H and O–H groups in total. The summed E-state index contributed by atoms with van der Waals surface area (Å²) in [6.07, 6.45) is 0. The fourth-order valence-corrected chi connectivity index (χ4v) is 3.43. The van der Waals surface area contributed by atoms with Crippen LogP contribution in [-0.4, -0.2) is 17.0 Å². The third-order valence-corrected chi connectivity index (χ3v) is 4.29. The maximum Gasteiger partial charge on any atom is 0.133 e. The van der Waals surface area contributed by atoms with E-state index in [4.69, 9.17) is 0 Å². The molecule has 0 saturated carbocycles. The third kappa shape index (κ3) is 3.50. The fourth-order valence-electron chi connectivity index (χ4n) is 1.46. The average molecular weight is 377 g/mol. The van der Waals surface area contributed by atoms with Gasteiger partial charge in [0.2, 0.25) is 0 Å². The van der Waals surface area contributed by atoms with E-state index >= 15 is 0 Å². The molecule has 0 bridgehead atoms. The summed E-state index contributed by atoms with van der Waals surface area (Å²) < 4.78 is 1.95. The van der Waals surface area contributed by atoms with Gasteiger partial charge in [0.1, 0.15) is 16.2 Å². The Kier molecular flexibility index (Phi) is 4.17. The third-order valence-electron chi connectivity index (χ3n) is 2.20. The van der Waals surface area contributed by atoms with Crippen molar-refractivity contribution in [2.45, 2.75) is 13.5 Å². The van der Waals surface area contributed by atoms with E-state index in [1.807, 2.05) is 20.0 Å². The predicted molar refractivity (Wildman–Crippen MR) is 78.6 cm³/mol. The van der Waals surface area contributed by atoms with Gasteiger partial charge in [-0.25, -0.2) is 9.97 Å². The van der Waals surface area contributed by atoms with Gasteiger partial charge >= 0.3 is 0 Å². The van der Waals surface area contributed by atoms with Gasteiger partial charge in [-0.3, -0.25) is 0 Å². The molecular formula is C11H11Br2N3S. The summed E-state index contributed by atoms with van der Waals surface area (Å²) in [6, 6.07) is 4.06. The zero-order valence-electron chi connectivity index (χ0n) is 9.44. The highest BCUT2D eigenvalue weighted by atomic mass is 79.9. The minimum atomic E-state index is 0.772. The van der Waals surface area contributed by atoms with Crippen LogP contribution in [0, 0.1) is 6.92 Å². The van der Waals surface area contributed by atoms with Crippen molar-refractivity contribution in [2.75, 3.05) is 11.9 Å². The number of thiophene rings is 1. The van der Waals surface area contributed by atoms with Crippen molar-refractivity contribution >= 4 is 49.0 Å². The quantitative estimate of drug-likeness (QED) is 0.758. The molecule has 0 aromatic carbocycles. The van der Waals surface area contributed by atoms with Crippen LogP contribution in [0.15, 0.2) is 26.6 Å². The van der Waals surface area contributed by atoms with Gasteiger partial charge in [-0.05, 0) is 44.8 Å². The number of aryl methyl sites for hydroxylation is 1. The summed E-state index contributed by atoms with van der Waals surface area (Å²) in [5, 5.41) is 2.09. The Bertz CT molecular complexity index is 507. The molecule has 90 valence electrons. The first-order valence-corrected chi connectivity index (χ1v) is 7.46. The molecule has 0 saturated heterocycles. The van der Waals surface area contributed by atoms with Crippen molar-refractivity contribution in [1.29, 1.82) is 0 Å².